The van der Waals surface area contributed by atoms with Gasteiger partial charge >= 0.3 is 0 Å². The second-order valence-electron chi connectivity index (χ2n) is 4.48. The molecule has 0 fully saturated rings. The number of benzene rings is 1. The third-order valence-corrected chi connectivity index (χ3v) is 3.97. The van der Waals surface area contributed by atoms with E-state index in [1.807, 2.05) is 31.2 Å². The number of hydrogen-bond acceptors (Lipinski definition) is 4. The fourth-order valence-corrected chi connectivity index (χ4v) is 3.00. The molecule has 5 heteroatoms. The number of nitrogens with two attached hydrogens (primary N) is 1. The van der Waals surface area contributed by atoms with Gasteiger partial charge in [0.2, 0.25) is 5.91 Å². The summed E-state index contributed by atoms with van der Waals surface area (Å²) in [5, 5.41) is 3.66. The van der Waals surface area contributed by atoms with Crippen molar-refractivity contribution in [2.24, 2.45) is 0 Å². The number of carbonyl (C=O) groups excluding carboxylic acids is 1. The zero-order valence-electron chi connectivity index (χ0n) is 10.5. The van der Waals surface area contributed by atoms with E-state index < -0.39 is 0 Å². The van der Waals surface area contributed by atoms with Gasteiger partial charge in [-0.3, -0.25) is 4.79 Å². The first-order valence-electron chi connectivity index (χ1n) is 6.06. The van der Waals surface area contributed by atoms with Crippen molar-refractivity contribution < 1.29 is 9.53 Å². The number of nitrogen functional groups attached to an aromatic ring is 1. The van der Waals surface area contributed by atoms with Gasteiger partial charge in [-0.2, -0.15) is 0 Å². The fraction of sp³-hybridized carbons (Fsp3) is 0.214. The Bertz CT molecular complexity index is 649. The molecule has 2 aromatic rings. The van der Waals surface area contributed by atoms with Crippen LogP contribution in [0.3, 0.4) is 0 Å². The number of rotatable bonds is 1. The summed E-state index contributed by atoms with van der Waals surface area (Å²) in [6.45, 7) is 2.46. The Balaban J connectivity index is 2.05. The summed E-state index contributed by atoms with van der Waals surface area (Å²) in [7, 11) is 0. The monoisotopic (exact) mass is 274 g/mol. The second kappa shape index (κ2) is 4.59. The minimum absolute atomic E-state index is 0.0162. The highest BCUT2D eigenvalue weighted by atomic mass is 32.1. The molecule has 0 radical (unpaired) electrons. The van der Waals surface area contributed by atoms with Crippen molar-refractivity contribution in [3.8, 4) is 16.9 Å². The van der Waals surface area contributed by atoms with Gasteiger partial charge in [0.05, 0.1) is 23.7 Å². The number of anilines is 2. The summed E-state index contributed by atoms with van der Waals surface area (Å²) in [6, 6.07) is 7.78. The number of ether oxygens (including phenoxy) is 1. The molecule has 0 saturated heterocycles. The lowest BCUT2D eigenvalue weighted by molar-refractivity contribution is -0.116. The van der Waals surface area contributed by atoms with E-state index in [0.717, 1.165) is 27.6 Å². The third-order valence-electron chi connectivity index (χ3n) is 3.09. The van der Waals surface area contributed by atoms with E-state index in [4.69, 9.17) is 10.5 Å². The quantitative estimate of drug-likeness (QED) is 0.840. The van der Waals surface area contributed by atoms with Gasteiger partial charge < -0.3 is 15.8 Å². The maximum atomic E-state index is 11.6. The molecule has 1 aliphatic heterocycles. The van der Waals surface area contributed by atoms with Crippen LogP contribution in [0, 0.1) is 6.92 Å². The summed E-state index contributed by atoms with van der Waals surface area (Å²) in [4.78, 5) is 12.7. The molecule has 1 amide bonds. The molecule has 0 aliphatic carbocycles. The molecular weight excluding hydrogens is 260 g/mol. The Morgan fingerprint density at radius 2 is 2.21 bits per heavy atom. The van der Waals surface area contributed by atoms with Crippen molar-refractivity contribution in [2.45, 2.75) is 13.3 Å². The van der Waals surface area contributed by atoms with Crippen LogP contribution in [-0.4, -0.2) is 12.5 Å². The topological polar surface area (TPSA) is 64.3 Å². The van der Waals surface area contributed by atoms with Crippen molar-refractivity contribution in [1.29, 1.82) is 0 Å². The number of fused-ring (bicyclic) bond motifs is 1. The summed E-state index contributed by atoms with van der Waals surface area (Å²) in [6.07, 6.45) is 0.383. The van der Waals surface area contributed by atoms with Gasteiger partial charge in [0, 0.05) is 4.88 Å². The molecule has 4 nitrogen and oxygen atoms in total. The van der Waals surface area contributed by atoms with Crippen LogP contribution in [0.15, 0.2) is 24.3 Å². The lowest BCUT2D eigenvalue weighted by atomic mass is 10.1. The van der Waals surface area contributed by atoms with Gasteiger partial charge in [0.15, 0.2) is 0 Å². The maximum absolute atomic E-state index is 11.6. The number of nitrogens with one attached hydrogen (secondary N) is 1. The predicted molar refractivity (Wildman–Crippen MR) is 77.6 cm³/mol. The van der Waals surface area contributed by atoms with Gasteiger partial charge in [0.1, 0.15) is 5.75 Å². The van der Waals surface area contributed by atoms with E-state index in [2.05, 4.69) is 5.32 Å². The number of amides is 1. The molecule has 0 saturated carbocycles. The zero-order chi connectivity index (χ0) is 13.4. The van der Waals surface area contributed by atoms with Crippen LogP contribution in [0.5, 0.6) is 5.75 Å². The molecule has 1 aromatic heterocycles. The van der Waals surface area contributed by atoms with Crippen LogP contribution >= 0.6 is 11.3 Å². The van der Waals surface area contributed by atoms with Crippen LogP contribution in [0.1, 0.15) is 11.3 Å². The van der Waals surface area contributed by atoms with Gasteiger partial charge in [-0.25, -0.2) is 0 Å². The summed E-state index contributed by atoms with van der Waals surface area (Å²) >= 11 is 1.57. The molecule has 3 rings (SSSR count). The third kappa shape index (κ3) is 2.29. The fourth-order valence-electron chi connectivity index (χ4n) is 2.18. The number of hydrogen-bond donors (Lipinski definition) is 2. The number of thiophene rings is 1. The second-order valence-corrected chi connectivity index (χ2v) is 5.76. The van der Waals surface area contributed by atoms with E-state index in [1.165, 1.54) is 4.88 Å². The molecule has 2 heterocycles. The van der Waals surface area contributed by atoms with Crippen LogP contribution in [0.25, 0.3) is 11.1 Å². The molecule has 98 valence electrons. The highest BCUT2D eigenvalue weighted by Crippen LogP contribution is 2.37. The molecule has 3 N–H and O–H groups in total. The number of carbonyl (C=O) groups is 1. The van der Waals surface area contributed by atoms with E-state index in [1.54, 1.807) is 11.3 Å². The Morgan fingerprint density at radius 3 is 2.95 bits per heavy atom. The van der Waals surface area contributed by atoms with Gasteiger partial charge in [-0.05, 0) is 36.2 Å². The molecule has 0 atom stereocenters. The smallest absolute Gasteiger partial charge is 0.227 e. The zero-order valence-corrected chi connectivity index (χ0v) is 11.3. The predicted octanol–water partition coefficient (Wildman–Crippen LogP) is 3.03. The molecular formula is C14H14N2O2S. The summed E-state index contributed by atoms with van der Waals surface area (Å²) < 4.78 is 5.54. The van der Waals surface area contributed by atoms with Crippen molar-refractivity contribution >= 4 is 27.9 Å². The van der Waals surface area contributed by atoms with E-state index in [-0.39, 0.29) is 5.91 Å². The van der Waals surface area contributed by atoms with Gasteiger partial charge in [-0.1, -0.05) is 6.07 Å². The normalized spacial score (nSPS) is 14.3. The first-order chi connectivity index (χ1) is 9.13. The van der Waals surface area contributed by atoms with Crippen LogP contribution in [-0.2, 0) is 4.79 Å². The van der Waals surface area contributed by atoms with E-state index in [0.29, 0.717) is 13.0 Å². The first kappa shape index (κ1) is 12.0. The minimum Gasteiger partial charge on any atom is -0.491 e. The van der Waals surface area contributed by atoms with E-state index in [9.17, 15) is 4.79 Å². The molecule has 19 heavy (non-hydrogen) atoms. The van der Waals surface area contributed by atoms with Crippen molar-refractivity contribution in [2.75, 3.05) is 17.7 Å². The molecule has 1 aromatic carbocycles. The highest BCUT2D eigenvalue weighted by Gasteiger charge is 2.15. The molecule has 0 spiro atoms. The average molecular weight is 274 g/mol. The minimum atomic E-state index is -0.0162. The SMILES string of the molecule is Cc1sc(N)cc1-c1ccc2c(c1)NC(=O)CCO2. The van der Waals surface area contributed by atoms with Crippen molar-refractivity contribution in [3.63, 3.8) is 0 Å². The van der Waals surface area contributed by atoms with Gasteiger partial charge in [0.25, 0.3) is 0 Å². The Kier molecular flexibility index (Phi) is 2.91. The molecule has 0 bridgehead atoms. The first-order valence-corrected chi connectivity index (χ1v) is 6.88. The Morgan fingerprint density at radius 1 is 1.37 bits per heavy atom. The van der Waals surface area contributed by atoms with Crippen LogP contribution in [0.2, 0.25) is 0 Å². The standard InChI is InChI=1S/C14H14N2O2S/c1-8-10(7-13(15)19-8)9-2-3-12-11(6-9)16-14(17)4-5-18-12/h2-3,6-7H,4-5,15H2,1H3,(H,16,17). The van der Waals surface area contributed by atoms with Crippen LogP contribution in [0.4, 0.5) is 10.7 Å². The van der Waals surface area contributed by atoms with Gasteiger partial charge in [-0.15, -0.1) is 11.3 Å². The van der Waals surface area contributed by atoms with E-state index >= 15 is 0 Å². The molecule has 1 aliphatic rings. The van der Waals surface area contributed by atoms with Crippen molar-refractivity contribution in [1.82, 2.24) is 0 Å². The largest absolute Gasteiger partial charge is 0.491 e. The van der Waals surface area contributed by atoms with Crippen molar-refractivity contribution in [3.05, 3.63) is 29.1 Å². The highest BCUT2D eigenvalue weighted by molar-refractivity contribution is 7.16. The lowest BCUT2D eigenvalue weighted by Crippen LogP contribution is -2.10. The molecule has 0 unspecified atom stereocenters. The maximum Gasteiger partial charge on any atom is 0.227 e. The lowest BCUT2D eigenvalue weighted by Gasteiger charge is -2.09. The Hall–Kier alpha value is -2.01. The summed E-state index contributed by atoms with van der Waals surface area (Å²) in [5.41, 5.74) is 8.69. The average Bonchev–Trinajstić information content (AvgIpc) is 2.59. The number of aryl methyl sites for hydroxylation is 1. The summed E-state index contributed by atoms with van der Waals surface area (Å²) in [5.74, 6) is 0.702. The Labute approximate surface area is 115 Å². The van der Waals surface area contributed by atoms with Crippen LogP contribution < -0.4 is 15.8 Å².